The Hall–Kier alpha value is -1.36. The van der Waals surface area contributed by atoms with Crippen molar-refractivity contribution in [1.82, 2.24) is 15.1 Å². The van der Waals surface area contributed by atoms with Crippen LogP contribution in [0.4, 0.5) is 0 Å². The van der Waals surface area contributed by atoms with Crippen molar-refractivity contribution in [3.8, 4) is 0 Å². The second-order valence-electron chi connectivity index (χ2n) is 5.79. The number of nitrogens with zero attached hydrogens (tertiary/aromatic N) is 2. The first-order chi connectivity index (χ1) is 9.87. The standard InChI is InChI=1S/C16H22ClN3O/c1-12(8-13-4-6-15(17)7-5-13)18-11-16(2,21)14-9-19-20(3)10-14/h4-7,9-10,12,18,21H,8,11H2,1-3H3/t12-,16-/m0/s1. The van der Waals surface area contributed by atoms with E-state index in [9.17, 15) is 5.11 Å². The van der Waals surface area contributed by atoms with Crippen LogP contribution >= 0.6 is 11.6 Å². The zero-order chi connectivity index (χ0) is 15.5. The van der Waals surface area contributed by atoms with Crippen molar-refractivity contribution in [2.45, 2.75) is 31.9 Å². The number of aryl methyl sites for hydroxylation is 1. The molecule has 0 fully saturated rings. The van der Waals surface area contributed by atoms with Gasteiger partial charge >= 0.3 is 0 Å². The van der Waals surface area contributed by atoms with Crippen LogP contribution in [0, 0.1) is 0 Å². The molecule has 0 aliphatic rings. The smallest absolute Gasteiger partial charge is 0.102 e. The lowest BCUT2D eigenvalue weighted by Gasteiger charge is -2.25. The molecule has 114 valence electrons. The molecule has 0 unspecified atom stereocenters. The minimum Gasteiger partial charge on any atom is -0.384 e. The van der Waals surface area contributed by atoms with E-state index in [-0.39, 0.29) is 6.04 Å². The van der Waals surface area contributed by atoms with E-state index in [0.29, 0.717) is 6.54 Å². The number of halogens is 1. The number of hydrogen-bond acceptors (Lipinski definition) is 3. The molecule has 2 aromatic rings. The van der Waals surface area contributed by atoms with Crippen molar-refractivity contribution >= 4 is 11.6 Å². The van der Waals surface area contributed by atoms with E-state index in [1.807, 2.05) is 37.5 Å². The van der Waals surface area contributed by atoms with Crippen LogP contribution in [-0.4, -0.2) is 27.5 Å². The number of hydrogen-bond donors (Lipinski definition) is 2. The van der Waals surface area contributed by atoms with Gasteiger partial charge in [-0.05, 0) is 38.0 Å². The molecule has 0 aliphatic heterocycles. The fourth-order valence-electron chi connectivity index (χ4n) is 2.22. The fourth-order valence-corrected chi connectivity index (χ4v) is 2.35. The number of aliphatic hydroxyl groups is 1. The summed E-state index contributed by atoms with van der Waals surface area (Å²) in [6.07, 6.45) is 4.43. The topological polar surface area (TPSA) is 50.1 Å². The first kappa shape index (κ1) is 16.0. The average molecular weight is 308 g/mol. The van der Waals surface area contributed by atoms with Gasteiger partial charge in [0.15, 0.2) is 0 Å². The summed E-state index contributed by atoms with van der Waals surface area (Å²) in [6.45, 7) is 4.38. The van der Waals surface area contributed by atoms with Crippen LogP contribution in [0.5, 0.6) is 0 Å². The van der Waals surface area contributed by atoms with Gasteiger partial charge in [0, 0.05) is 36.4 Å². The molecule has 21 heavy (non-hydrogen) atoms. The lowest BCUT2D eigenvalue weighted by molar-refractivity contribution is 0.0543. The third kappa shape index (κ3) is 4.56. The molecule has 4 nitrogen and oxygen atoms in total. The molecule has 2 N–H and O–H groups in total. The lowest BCUT2D eigenvalue weighted by atomic mass is 9.98. The zero-order valence-corrected chi connectivity index (χ0v) is 13.4. The fraction of sp³-hybridized carbons (Fsp3) is 0.438. The van der Waals surface area contributed by atoms with Crippen LogP contribution in [0.15, 0.2) is 36.7 Å². The molecule has 0 saturated carbocycles. The van der Waals surface area contributed by atoms with Gasteiger partial charge in [-0.3, -0.25) is 4.68 Å². The third-order valence-electron chi connectivity index (χ3n) is 3.58. The van der Waals surface area contributed by atoms with E-state index in [2.05, 4.69) is 17.3 Å². The average Bonchev–Trinajstić information content (AvgIpc) is 2.87. The van der Waals surface area contributed by atoms with E-state index in [1.165, 1.54) is 5.56 Å². The second-order valence-corrected chi connectivity index (χ2v) is 6.23. The normalized spacial score (nSPS) is 15.7. The van der Waals surface area contributed by atoms with Gasteiger partial charge in [-0.25, -0.2) is 0 Å². The SMILES string of the molecule is C[C@@H](Cc1ccc(Cl)cc1)NC[C@](C)(O)c1cnn(C)c1. The Morgan fingerprint density at radius 3 is 2.62 bits per heavy atom. The summed E-state index contributed by atoms with van der Waals surface area (Å²) in [5.41, 5.74) is 1.11. The predicted octanol–water partition coefficient (Wildman–Crippen LogP) is 2.50. The van der Waals surface area contributed by atoms with Crippen LogP contribution in [0.25, 0.3) is 0 Å². The third-order valence-corrected chi connectivity index (χ3v) is 3.83. The molecule has 1 aromatic carbocycles. The Balaban J connectivity index is 1.88. The molecule has 0 bridgehead atoms. The largest absolute Gasteiger partial charge is 0.384 e. The Morgan fingerprint density at radius 1 is 1.38 bits per heavy atom. The first-order valence-corrected chi connectivity index (χ1v) is 7.44. The minimum absolute atomic E-state index is 0.259. The van der Waals surface area contributed by atoms with E-state index < -0.39 is 5.60 Å². The van der Waals surface area contributed by atoms with Crippen LogP contribution < -0.4 is 5.32 Å². The molecule has 5 heteroatoms. The summed E-state index contributed by atoms with van der Waals surface area (Å²) in [7, 11) is 1.84. The highest BCUT2D eigenvalue weighted by Gasteiger charge is 2.25. The lowest BCUT2D eigenvalue weighted by Crippen LogP contribution is -2.40. The molecule has 0 spiro atoms. The molecule has 2 atom stereocenters. The van der Waals surface area contributed by atoms with Gasteiger partial charge in [-0.1, -0.05) is 23.7 Å². The van der Waals surface area contributed by atoms with Crippen LogP contribution in [0.1, 0.15) is 25.0 Å². The first-order valence-electron chi connectivity index (χ1n) is 7.06. The maximum Gasteiger partial charge on any atom is 0.102 e. The van der Waals surface area contributed by atoms with E-state index in [1.54, 1.807) is 17.8 Å². The highest BCUT2D eigenvalue weighted by atomic mass is 35.5. The molecule has 0 radical (unpaired) electrons. The summed E-state index contributed by atoms with van der Waals surface area (Å²) in [5.74, 6) is 0. The van der Waals surface area contributed by atoms with E-state index >= 15 is 0 Å². The maximum absolute atomic E-state index is 10.5. The quantitative estimate of drug-likeness (QED) is 0.862. The van der Waals surface area contributed by atoms with Gasteiger partial charge in [0.05, 0.1) is 6.20 Å². The van der Waals surface area contributed by atoms with Crippen molar-refractivity contribution < 1.29 is 5.11 Å². The second kappa shape index (κ2) is 6.60. The molecule has 1 aromatic heterocycles. The molecular formula is C16H22ClN3O. The zero-order valence-electron chi connectivity index (χ0n) is 12.7. The summed E-state index contributed by atoms with van der Waals surface area (Å²) < 4.78 is 1.70. The number of benzene rings is 1. The van der Waals surface area contributed by atoms with Gasteiger partial charge in [0.1, 0.15) is 5.60 Å². The number of aromatic nitrogens is 2. The molecule has 0 aliphatic carbocycles. The Kier molecular flexibility index (Phi) is 5.04. The van der Waals surface area contributed by atoms with Crippen LogP contribution in [-0.2, 0) is 19.1 Å². The van der Waals surface area contributed by atoms with E-state index in [4.69, 9.17) is 11.6 Å². The van der Waals surface area contributed by atoms with Crippen LogP contribution in [0.2, 0.25) is 5.02 Å². The summed E-state index contributed by atoms with van der Waals surface area (Å²) in [5, 5.41) is 18.7. The summed E-state index contributed by atoms with van der Waals surface area (Å²) >= 11 is 5.88. The highest BCUT2D eigenvalue weighted by molar-refractivity contribution is 6.30. The Bertz CT molecular complexity index is 577. The highest BCUT2D eigenvalue weighted by Crippen LogP contribution is 2.19. The summed E-state index contributed by atoms with van der Waals surface area (Å²) in [6, 6.07) is 8.11. The van der Waals surface area contributed by atoms with Crippen LogP contribution in [0.3, 0.4) is 0 Å². The number of nitrogens with one attached hydrogen (secondary N) is 1. The molecular weight excluding hydrogens is 286 g/mol. The summed E-state index contributed by atoms with van der Waals surface area (Å²) in [4.78, 5) is 0. The molecule has 0 amide bonds. The van der Waals surface area contributed by atoms with Crippen molar-refractivity contribution in [3.05, 3.63) is 52.8 Å². The number of rotatable bonds is 6. The minimum atomic E-state index is -0.928. The van der Waals surface area contributed by atoms with Crippen molar-refractivity contribution in [1.29, 1.82) is 0 Å². The Labute approximate surface area is 130 Å². The van der Waals surface area contributed by atoms with Crippen molar-refractivity contribution in [2.75, 3.05) is 6.54 Å². The maximum atomic E-state index is 10.5. The predicted molar refractivity (Wildman–Crippen MR) is 85.4 cm³/mol. The van der Waals surface area contributed by atoms with Crippen molar-refractivity contribution in [3.63, 3.8) is 0 Å². The molecule has 1 heterocycles. The van der Waals surface area contributed by atoms with Gasteiger partial charge in [0.2, 0.25) is 0 Å². The van der Waals surface area contributed by atoms with E-state index in [0.717, 1.165) is 17.0 Å². The Morgan fingerprint density at radius 2 is 2.05 bits per heavy atom. The van der Waals surface area contributed by atoms with Gasteiger partial charge in [0.25, 0.3) is 0 Å². The van der Waals surface area contributed by atoms with Gasteiger partial charge in [-0.2, -0.15) is 5.10 Å². The van der Waals surface area contributed by atoms with Crippen molar-refractivity contribution in [2.24, 2.45) is 7.05 Å². The molecule has 0 saturated heterocycles. The molecule has 2 rings (SSSR count). The monoisotopic (exact) mass is 307 g/mol. The van der Waals surface area contributed by atoms with Gasteiger partial charge < -0.3 is 10.4 Å². The van der Waals surface area contributed by atoms with Gasteiger partial charge in [-0.15, -0.1) is 0 Å².